The van der Waals surface area contributed by atoms with Crippen molar-refractivity contribution in [3.8, 4) is 0 Å². The summed E-state index contributed by atoms with van der Waals surface area (Å²) in [7, 11) is 0. The second-order valence-electron chi connectivity index (χ2n) is 7.50. The number of amides is 3. The first-order valence-corrected chi connectivity index (χ1v) is 9.64. The number of nitrogens with zero attached hydrogens (tertiary/aromatic N) is 2. The predicted molar refractivity (Wildman–Crippen MR) is 99.4 cm³/mol. The number of fused-ring (bicyclic) bond motifs is 2. The average Bonchev–Trinajstić information content (AvgIpc) is 3.21. The minimum atomic E-state index is -0.280. The summed E-state index contributed by atoms with van der Waals surface area (Å²) < 4.78 is 0. The van der Waals surface area contributed by atoms with Crippen LogP contribution in [0.2, 0.25) is 0 Å². The highest BCUT2D eigenvalue weighted by Gasteiger charge is 2.47. The smallest absolute Gasteiger partial charge is 0.233 e. The average molecular weight is 368 g/mol. The van der Waals surface area contributed by atoms with Crippen molar-refractivity contribution in [2.24, 2.45) is 11.8 Å². The van der Waals surface area contributed by atoms with Crippen LogP contribution in [0.3, 0.4) is 0 Å². The van der Waals surface area contributed by atoms with Crippen molar-refractivity contribution in [2.75, 3.05) is 6.54 Å². The number of nitrogens with one attached hydrogen (secondary N) is 2. The summed E-state index contributed by atoms with van der Waals surface area (Å²) in [5, 5.41) is 2.89. The van der Waals surface area contributed by atoms with Crippen molar-refractivity contribution >= 4 is 28.8 Å². The summed E-state index contributed by atoms with van der Waals surface area (Å²) in [6.45, 7) is 2.01. The molecule has 2 aromatic rings. The van der Waals surface area contributed by atoms with Crippen LogP contribution in [-0.4, -0.2) is 39.1 Å². The van der Waals surface area contributed by atoms with E-state index in [0.29, 0.717) is 5.82 Å². The van der Waals surface area contributed by atoms with Gasteiger partial charge >= 0.3 is 0 Å². The fraction of sp³-hybridized carbons (Fsp3) is 0.500. The molecule has 2 aliphatic rings. The number of aromatic nitrogens is 2. The molecule has 0 radical (unpaired) electrons. The zero-order valence-electron chi connectivity index (χ0n) is 15.4. The number of benzene rings is 1. The lowest BCUT2D eigenvalue weighted by molar-refractivity contribution is -0.140. The highest BCUT2D eigenvalue weighted by molar-refractivity contribution is 6.05. The van der Waals surface area contributed by atoms with Crippen LogP contribution >= 0.6 is 0 Å². The molecule has 1 aromatic carbocycles. The maximum Gasteiger partial charge on any atom is 0.233 e. The highest BCUT2D eigenvalue weighted by Crippen LogP contribution is 2.37. The summed E-state index contributed by atoms with van der Waals surface area (Å²) in [5.74, 6) is -0.0273. The van der Waals surface area contributed by atoms with E-state index in [-0.39, 0.29) is 48.6 Å². The number of hydrogen-bond acceptors (Lipinski definition) is 4. The monoisotopic (exact) mass is 368 g/mol. The Kier molecular flexibility index (Phi) is 4.68. The molecule has 0 bridgehead atoms. The molecule has 1 aliphatic heterocycles. The number of likely N-dealkylation sites (tertiary alicyclic amines) is 1. The second-order valence-corrected chi connectivity index (χ2v) is 7.50. The standard InChI is InChI=1S/C20H24N4O3/c1-12(18-22-15-8-4-5-9-16(15)23-18)21-17(25)10-11-24-19(26)13-6-2-3-7-14(13)20(24)27/h4-5,8-9,12-14H,2-3,6-7,10-11H2,1H3,(H,21,25)(H,22,23)/t12-,13+,14+/m0/s1. The van der Waals surface area contributed by atoms with Crippen molar-refractivity contribution in [3.05, 3.63) is 30.1 Å². The van der Waals surface area contributed by atoms with Gasteiger partial charge in [0.1, 0.15) is 5.82 Å². The Morgan fingerprint density at radius 1 is 1.22 bits per heavy atom. The first-order valence-electron chi connectivity index (χ1n) is 9.64. The topological polar surface area (TPSA) is 95.2 Å². The SMILES string of the molecule is C[C@H](NC(=O)CCN1C(=O)[C@@H]2CCCC[C@H]2C1=O)c1nc2ccccc2[nH]1. The zero-order valence-corrected chi connectivity index (χ0v) is 15.4. The van der Waals surface area contributed by atoms with Crippen LogP contribution in [0.4, 0.5) is 0 Å². The molecule has 7 heteroatoms. The number of aromatic amines is 1. The number of carbonyl (C=O) groups excluding carboxylic acids is 3. The molecule has 3 amide bonds. The summed E-state index contributed by atoms with van der Waals surface area (Å²) in [6.07, 6.45) is 3.70. The molecule has 2 heterocycles. The van der Waals surface area contributed by atoms with Gasteiger partial charge in [-0.3, -0.25) is 19.3 Å². The van der Waals surface area contributed by atoms with E-state index in [0.717, 1.165) is 36.7 Å². The van der Waals surface area contributed by atoms with Crippen LogP contribution in [0, 0.1) is 11.8 Å². The van der Waals surface area contributed by atoms with Crippen LogP contribution in [-0.2, 0) is 14.4 Å². The summed E-state index contributed by atoms with van der Waals surface area (Å²) in [5.41, 5.74) is 1.77. The Morgan fingerprint density at radius 2 is 1.89 bits per heavy atom. The lowest BCUT2D eigenvalue weighted by atomic mass is 9.81. The molecule has 142 valence electrons. The molecular weight excluding hydrogens is 344 g/mol. The number of imidazole rings is 1. The summed E-state index contributed by atoms with van der Waals surface area (Å²) in [4.78, 5) is 46.2. The zero-order chi connectivity index (χ0) is 19.0. The number of hydrogen-bond donors (Lipinski definition) is 2. The molecule has 0 spiro atoms. The van der Waals surface area contributed by atoms with Crippen LogP contribution < -0.4 is 5.32 Å². The van der Waals surface area contributed by atoms with Gasteiger partial charge in [-0.15, -0.1) is 0 Å². The molecule has 1 saturated carbocycles. The molecule has 1 aromatic heterocycles. The fourth-order valence-corrected chi connectivity index (χ4v) is 4.22. The van der Waals surface area contributed by atoms with E-state index in [2.05, 4.69) is 15.3 Å². The van der Waals surface area contributed by atoms with E-state index >= 15 is 0 Å². The Labute approximate surface area is 157 Å². The summed E-state index contributed by atoms with van der Waals surface area (Å²) >= 11 is 0. The van der Waals surface area contributed by atoms with Gasteiger partial charge in [0.25, 0.3) is 0 Å². The van der Waals surface area contributed by atoms with Crippen LogP contribution in [0.25, 0.3) is 11.0 Å². The Balaban J connectivity index is 1.34. The van der Waals surface area contributed by atoms with Gasteiger partial charge in [-0.2, -0.15) is 0 Å². The van der Waals surface area contributed by atoms with E-state index in [1.165, 1.54) is 4.90 Å². The van der Waals surface area contributed by atoms with E-state index in [1.807, 2.05) is 31.2 Å². The van der Waals surface area contributed by atoms with Gasteiger partial charge in [0.05, 0.1) is 28.9 Å². The largest absolute Gasteiger partial charge is 0.346 e. The lowest BCUT2D eigenvalue weighted by Crippen LogP contribution is -2.36. The van der Waals surface area contributed by atoms with Gasteiger partial charge in [-0.25, -0.2) is 4.98 Å². The molecule has 2 N–H and O–H groups in total. The predicted octanol–water partition coefficient (Wildman–Crippen LogP) is 2.31. The molecule has 4 rings (SSSR count). The van der Waals surface area contributed by atoms with Crippen molar-refractivity contribution < 1.29 is 14.4 Å². The van der Waals surface area contributed by atoms with Crippen molar-refractivity contribution in [2.45, 2.75) is 45.1 Å². The quantitative estimate of drug-likeness (QED) is 0.792. The van der Waals surface area contributed by atoms with Gasteiger partial charge < -0.3 is 10.3 Å². The highest BCUT2D eigenvalue weighted by atomic mass is 16.2. The van der Waals surface area contributed by atoms with E-state index in [4.69, 9.17) is 0 Å². The fourth-order valence-electron chi connectivity index (χ4n) is 4.22. The maximum absolute atomic E-state index is 12.5. The molecule has 1 aliphatic carbocycles. The minimum absolute atomic E-state index is 0.0946. The van der Waals surface area contributed by atoms with Crippen LogP contribution in [0.15, 0.2) is 24.3 Å². The van der Waals surface area contributed by atoms with Crippen molar-refractivity contribution in [1.29, 1.82) is 0 Å². The molecule has 7 nitrogen and oxygen atoms in total. The van der Waals surface area contributed by atoms with Crippen LogP contribution in [0.5, 0.6) is 0 Å². The second kappa shape index (κ2) is 7.13. The van der Waals surface area contributed by atoms with Gasteiger partial charge in [0.2, 0.25) is 17.7 Å². The number of para-hydroxylation sites is 2. The molecule has 3 atom stereocenters. The third-order valence-electron chi connectivity index (χ3n) is 5.69. The third kappa shape index (κ3) is 3.34. The summed E-state index contributed by atoms with van der Waals surface area (Å²) in [6, 6.07) is 7.41. The maximum atomic E-state index is 12.5. The molecule has 1 saturated heterocycles. The molecule has 0 unspecified atom stereocenters. The van der Waals surface area contributed by atoms with Gasteiger partial charge in [-0.05, 0) is 31.9 Å². The molecular formula is C20H24N4O3. The first-order chi connectivity index (χ1) is 13.0. The number of rotatable bonds is 5. The number of imide groups is 1. The Bertz CT molecular complexity index is 833. The third-order valence-corrected chi connectivity index (χ3v) is 5.69. The van der Waals surface area contributed by atoms with Gasteiger partial charge in [0, 0.05) is 13.0 Å². The number of H-pyrrole nitrogens is 1. The molecule has 27 heavy (non-hydrogen) atoms. The Hall–Kier alpha value is -2.70. The minimum Gasteiger partial charge on any atom is -0.346 e. The van der Waals surface area contributed by atoms with Gasteiger partial charge in [0.15, 0.2) is 0 Å². The lowest BCUT2D eigenvalue weighted by Gasteiger charge is -2.19. The van der Waals surface area contributed by atoms with E-state index < -0.39 is 0 Å². The van der Waals surface area contributed by atoms with E-state index in [9.17, 15) is 14.4 Å². The van der Waals surface area contributed by atoms with Gasteiger partial charge in [-0.1, -0.05) is 25.0 Å². The van der Waals surface area contributed by atoms with E-state index in [1.54, 1.807) is 0 Å². The van der Waals surface area contributed by atoms with Crippen molar-refractivity contribution in [1.82, 2.24) is 20.2 Å². The Morgan fingerprint density at radius 3 is 2.56 bits per heavy atom. The van der Waals surface area contributed by atoms with Crippen LogP contribution in [0.1, 0.15) is 50.9 Å². The number of carbonyl (C=O) groups is 3. The van der Waals surface area contributed by atoms with Crippen molar-refractivity contribution in [3.63, 3.8) is 0 Å². The first kappa shape index (κ1) is 17.7. The normalized spacial score (nSPS) is 23.5. The molecule has 2 fully saturated rings.